The van der Waals surface area contributed by atoms with Crippen molar-refractivity contribution in [1.29, 1.82) is 0 Å². The van der Waals surface area contributed by atoms with E-state index in [1.165, 1.54) is 7.11 Å². The van der Waals surface area contributed by atoms with Crippen molar-refractivity contribution in [2.75, 3.05) is 14.2 Å². The number of hydrogen-bond donors (Lipinski definition) is 0. The van der Waals surface area contributed by atoms with Crippen LogP contribution in [0.2, 0.25) is 0 Å². The number of methoxy groups -OCH3 is 1. The lowest BCUT2D eigenvalue weighted by Crippen LogP contribution is -2.43. The lowest BCUT2D eigenvalue weighted by atomic mass is 9.95. The first-order valence-electron chi connectivity index (χ1n) is 10.0. The molecular formula is C23H25N3O4S. The summed E-state index contributed by atoms with van der Waals surface area (Å²) >= 11 is 1.58. The molecule has 2 aromatic heterocycles. The number of fused-ring (bicyclic) bond motifs is 3. The molecule has 3 aromatic rings. The van der Waals surface area contributed by atoms with Gasteiger partial charge in [-0.05, 0) is 56.3 Å². The van der Waals surface area contributed by atoms with Gasteiger partial charge in [0.05, 0.1) is 17.7 Å². The number of carbonyl (C=O) groups is 1. The second kappa shape index (κ2) is 7.53. The van der Waals surface area contributed by atoms with Gasteiger partial charge >= 0.3 is 5.69 Å². The molecule has 7 nitrogen and oxygen atoms in total. The molecule has 0 aliphatic carbocycles. The average Bonchev–Trinajstić information content (AvgIpc) is 3.38. The van der Waals surface area contributed by atoms with Gasteiger partial charge in [-0.25, -0.2) is 0 Å². The minimum Gasteiger partial charge on any atom is -0.490 e. The number of benzene rings is 1. The third-order valence-electron chi connectivity index (χ3n) is 5.87. The van der Waals surface area contributed by atoms with Crippen LogP contribution in [0.15, 0.2) is 35.7 Å². The monoisotopic (exact) mass is 439 g/mol. The van der Waals surface area contributed by atoms with Gasteiger partial charge in [-0.15, -0.1) is 11.3 Å². The highest BCUT2D eigenvalue weighted by Gasteiger charge is 2.32. The van der Waals surface area contributed by atoms with E-state index in [2.05, 4.69) is 0 Å². The van der Waals surface area contributed by atoms with Gasteiger partial charge in [-0.1, -0.05) is 6.07 Å². The summed E-state index contributed by atoms with van der Waals surface area (Å²) in [4.78, 5) is 27.4. The van der Waals surface area contributed by atoms with Crippen LogP contribution >= 0.6 is 11.3 Å². The van der Waals surface area contributed by atoms with Crippen LogP contribution in [0.3, 0.4) is 0 Å². The number of amides is 1. The molecule has 31 heavy (non-hydrogen) atoms. The molecule has 0 spiro atoms. The van der Waals surface area contributed by atoms with Crippen LogP contribution in [0.25, 0.3) is 21.7 Å². The number of nitrogens with zero attached hydrogens (tertiary/aromatic N) is 3. The second-order valence-corrected chi connectivity index (χ2v) is 9.59. The highest BCUT2D eigenvalue weighted by atomic mass is 32.1. The van der Waals surface area contributed by atoms with Gasteiger partial charge in [0.1, 0.15) is 5.69 Å². The summed E-state index contributed by atoms with van der Waals surface area (Å²) in [6, 6.07) is 9.24. The zero-order valence-electron chi connectivity index (χ0n) is 18.3. The van der Waals surface area contributed by atoms with Crippen molar-refractivity contribution in [3.63, 3.8) is 0 Å². The molecule has 4 rings (SSSR count). The quantitative estimate of drug-likeness (QED) is 0.412. The van der Waals surface area contributed by atoms with Crippen LogP contribution in [0.1, 0.15) is 36.8 Å². The lowest BCUT2D eigenvalue weighted by Gasteiger charge is -2.32. The van der Waals surface area contributed by atoms with E-state index in [9.17, 15) is 14.9 Å². The standard InChI is InChI=1S/C23H25N3O4S/c1-23(2,3)24(4)22(27)18-13-16(20-7-6-10-31-20)21-15-12-17(26(28)29)19(30-5)11-14(15)8-9-25(18)21/h6-7,10-13H,8-9H2,1-5H3. The van der Waals surface area contributed by atoms with Gasteiger partial charge in [-0.2, -0.15) is 0 Å². The maximum atomic E-state index is 13.4. The van der Waals surface area contributed by atoms with Crippen molar-refractivity contribution in [2.24, 2.45) is 0 Å². The Balaban J connectivity index is 1.98. The van der Waals surface area contributed by atoms with Crippen LogP contribution in [0, 0.1) is 10.1 Å². The zero-order valence-corrected chi connectivity index (χ0v) is 19.1. The van der Waals surface area contributed by atoms with Crippen molar-refractivity contribution in [2.45, 2.75) is 39.3 Å². The van der Waals surface area contributed by atoms with E-state index in [0.717, 1.165) is 27.3 Å². The van der Waals surface area contributed by atoms with Gasteiger partial charge in [0.2, 0.25) is 0 Å². The fraction of sp³-hybridized carbons (Fsp3) is 0.348. The summed E-state index contributed by atoms with van der Waals surface area (Å²) in [5.41, 5.74) is 3.71. The van der Waals surface area contributed by atoms with Gasteiger partial charge in [-0.3, -0.25) is 14.9 Å². The normalized spacial score (nSPS) is 12.8. The number of hydrogen-bond acceptors (Lipinski definition) is 5. The second-order valence-electron chi connectivity index (χ2n) is 8.64. The van der Waals surface area contributed by atoms with E-state index >= 15 is 0 Å². The van der Waals surface area contributed by atoms with Crippen molar-refractivity contribution in [3.8, 4) is 27.4 Å². The lowest BCUT2D eigenvalue weighted by molar-refractivity contribution is -0.385. The molecular weight excluding hydrogens is 414 g/mol. The molecule has 0 bridgehead atoms. The topological polar surface area (TPSA) is 77.6 Å². The summed E-state index contributed by atoms with van der Waals surface area (Å²) in [6.07, 6.45) is 0.661. The van der Waals surface area contributed by atoms with Crippen LogP contribution in [-0.4, -0.2) is 40.0 Å². The fourth-order valence-corrected chi connectivity index (χ4v) is 4.66. The van der Waals surface area contributed by atoms with E-state index in [4.69, 9.17) is 4.74 Å². The Bertz CT molecular complexity index is 1170. The molecule has 1 amide bonds. The van der Waals surface area contributed by atoms with Crippen LogP contribution in [-0.2, 0) is 13.0 Å². The molecule has 0 fully saturated rings. The molecule has 3 heterocycles. The number of nitro benzene ring substituents is 1. The highest BCUT2D eigenvalue weighted by molar-refractivity contribution is 7.13. The summed E-state index contributed by atoms with van der Waals surface area (Å²) in [7, 11) is 3.25. The number of carbonyl (C=O) groups excluding carboxylic acids is 1. The summed E-state index contributed by atoms with van der Waals surface area (Å²) < 4.78 is 7.28. The smallest absolute Gasteiger partial charge is 0.311 e. The Labute approximate surface area is 185 Å². The highest BCUT2D eigenvalue weighted by Crippen LogP contribution is 2.45. The molecule has 1 aliphatic rings. The van der Waals surface area contributed by atoms with E-state index in [0.29, 0.717) is 18.7 Å². The first-order valence-corrected chi connectivity index (χ1v) is 10.9. The third kappa shape index (κ3) is 3.50. The Morgan fingerprint density at radius 3 is 2.58 bits per heavy atom. The molecule has 1 aromatic carbocycles. The fourth-order valence-electron chi connectivity index (χ4n) is 3.92. The average molecular weight is 440 g/mol. The minimum atomic E-state index is -0.425. The van der Waals surface area contributed by atoms with E-state index in [-0.39, 0.29) is 22.9 Å². The maximum Gasteiger partial charge on any atom is 0.311 e. The van der Waals surface area contributed by atoms with Gasteiger partial charge < -0.3 is 14.2 Å². The Kier molecular flexibility index (Phi) is 5.13. The Morgan fingerprint density at radius 2 is 2.00 bits per heavy atom. The predicted molar refractivity (Wildman–Crippen MR) is 122 cm³/mol. The van der Waals surface area contributed by atoms with Gasteiger partial charge in [0.25, 0.3) is 5.91 Å². The summed E-state index contributed by atoms with van der Waals surface area (Å²) in [5.74, 6) is 0.188. The van der Waals surface area contributed by atoms with Crippen LogP contribution in [0.4, 0.5) is 5.69 Å². The minimum absolute atomic E-state index is 0.0667. The molecule has 8 heteroatoms. The van der Waals surface area contributed by atoms with E-state index < -0.39 is 4.92 Å². The Hall–Kier alpha value is -3.13. The third-order valence-corrected chi connectivity index (χ3v) is 6.78. The Morgan fingerprint density at radius 1 is 1.26 bits per heavy atom. The summed E-state index contributed by atoms with van der Waals surface area (Å²) in [5, 5.41) is 13.7. The molecule has 0 atom stereocenters. The zero-order chi connectivity index (χ0) is 22.5. The van der Waals surface area contributed by atoms with Crippen LogP contribution in [0.5, 0.6) is 5.75 Å². The van der Waals surface area contributed by atoms with Crippen molar-refractivity contribution >= 4 is 22.9 Å². The maximum absolute atomic E-state index is 13.4. The number of nitro groups is 1. The first-order chi connectivity index (χ1) is 14.6. The molecule has 0 unspecified atom stereocenters. The number of rotatable bonds is 4. The van der Waals surface area contributed by atoms with E-state index in [1.54, 1.807) is 35.4 Å². The molecule has 162 valence electrons. The molecule has 0 N–H and O–H groups in total. The molecule has 1 aliphatic heterocycles. The van der Waals surface area contributed by atoms with E-state index in [1.807, 2.05) is 48.9 Å². The first kappa shape index (κ1) is 21.1. The molecule has 0 radical (unpaired) electrons. The van der Waals surface area contributed by atoms with Gasteiger partial charge in [0, 0.05) is 41.2 Å². The number of aryl methyl sites for hydroxylation is 1. The van der Waals surface area contributed by atoms with Crippen molar-refractivity contribution in [1.82, 2.24) is 9.47 Å². The van der Waals surface area contributed by atoms with Crippen molar-refractivity contribution in [3.05, 3.63) is 57.1 Å². The summed E-state index contributed by atoms with van der Waals surface area (Å²) in [6.45, 7) is 6.61. The van der Waals surface area contributed by atoms with Gasteiger partial charge in [0.15, 0.2) is 5.75 Å². The number of thiophene rings is 1. The van der Waals surface area contributed by atoms with Crippen molar-refractivity contribution < 1.29 is 14.5 Å². The number of aromatic nitrogens is 1. The van der Waals surface area contributed by atoms with Crippen LogP contribution < -0.4 is 4.74 Å². The largest absolute Gasteiger partial charge is 0.490 e. The molecule has 0 saturated carbocycles. The predicted octanol–water partition coefficient (Wildman–Crippen LogP) is 5.23. The SMILES string of the molecule is COc1cc2c(cc1[N+](=O)[O-])-c1c(-c3cccs3)cc(C(=O)N(C)C(C)(C)C)n1CC2. The number of ether oxygens (including phenoxy) is 1. The molecule has 0 saturated heterocycles.